The molecule has 0 saturated carbocycles. The number of methoxy groups -OCH3 is 2. The topological polar surface area (TPSA) is 293 Å². The van der Waals surface area contributed by atoms with Gasteiger partial charge in [0, 0.05) is 90.8 Å². The number of carbonyl (C=O) groups excluding carboxylic acids is 4. The second-order valence-electron chi connectivity index (χ2n) is 17.1. The highest BCUT2D eigenvalue weighted by Crippen LogP contribution is 2.44. The molecule has 23 nitrogen and oxygen atoms in total. The van der Waals surface area contributed by atoms with E-state index in [1.54, 1.807) is 7.11 Å². The van der Waals surface area contributed by atoms with E-state index in [0.29, 0.717) is 44.1 Å². The molecular formula is C47H66N9O14P. The third kappa shape index (κ3) is 15.8. The van der Waals surface area contributed by atoms with Crippen LogP contribution < -0.4 is 31.6 Å². The average Bonchev–Trinajstić information content (AvgIpc) is 3.73. The number of nitrogen functional groups attached to an aromatic ring is 1. The van der Waals surface area contributed by atoms with E-state index in [2.05, 4.69) is 60.1 Å². The first-order valence-corrected chi connectivity index (χ1v) is 25.0. The molecule has 71 heavy (non-hydrogen) atoms. The number of anilines is 3. The van der Waals surface area contributed by atoms with Gasteiger partial charge in [-0.25, -0.2) is 14.3 Å². The Morgan fingerprint density at radius 3 is 2.34 bits per heavy atom. The number of rotatable bonds is 25. The molecule has 1 unspecified atom stereocenters. The fraction of sp³-hybridized carbons (Fsp3) is 0.532. The SMILES string of the molecule is CCCCCNc1nc(N)nc2ccn(Cc3ccc(CN4CCN(CCOP(=O)(O)OCc5ccc(O[C@@H]6O[C@H](C(=O)OC)[C@@H](OC(C)=O)C[C@H]6OC(C)=O)c(NC(=O)CCN)c5)CC4)cc3OC)c12. The molecule has 2 aliphatic heterocycles. The van der Waals surface area contributed by atoms with Gasteiger partial charge in [0.1, 0.15) is 23.1 Å². The highest BCUT2D eigenvalue weighted by atomic mass is 31.2. The van der Waals surface area contributed by atoms with Crippen LogP contribution in [0.4, 0.5) is 17.5 Å². The zero-order valence-electron chi connectivity index (χ0n) is 40.8. The molecule has 0 bridgehead atoms. The van der Waals surface area contributed by atoms with Gasteiger partial charge in [0.25, 0.3) is 0 Å². The minimum absolute atomic E-state index is 0.0115. The van der Waals surface area contributed by atoms with Gasteiger partial charge in [0.15, 0.2) is 18.0 Å². The van der Waals surface area contributed by atoms with Crippen molar-refractivity contribution in [2.75, 3.05) is 83.0 Å². The lowest BCUT2D eigenvalue weighted by Crippen LogP contribution is -2.55. The number of aromatic nitrogens is 3. The molecule has 2 fully saturated rings. The normalized spacial score (nSPS) is 19.4. The fourth-order valence-corrected chi connectivity index (χ4v) is 8.96. The first kappa shape index (κ1) is 54.4. The van der Waals surface area contributed by atoms with E-state index in [4.69, 9.17) is 48.9 Å². The molecule has 0 aliphatic carbocycles. The zero-order chi connectivity index (χ0) is 51.1. The number of piperazine rings is 1. The summed E-state index contributed by atoms with van der Waals surface area (Å²) < 4.78 is 59.1. The van der Waals surface area contributed by atoms with Crippen molar-refractivity contribution >= 4 is 60.1 Å². The summed E-state index contributed by atoms with van der Waals surface area (Å²) in [5.41, 5.74) is 15.8. The molecular weight excluding hydrogens is 946 g/mol. The third-order valence-electron chi connectivity index (χ3n) is 11.7. The van der Waals surface area contributed by atoms with Crippen molar-refractivity contribution in [3.05, 3.63) is 65.4 Å². The minimum Gasteiger partial charge on any atom is -0.496 e. The van der Waals surface area contributed by atoms with Gasteiger partial charge in [-0.15, -0.1) is 0 Å². The summed E-state index contributed by atoms with van der Waals surface area (Å²) in [7, 11) is -1.74. The van der Waals surface area contributed by atoms with Crippen molar-refractivity contribution in [1.82, 2.24) is 24.3 Å². The Morgan fingerprint density at radius 1 is 0.901 bits per heavy atom. The molecule has 2 aliphatic rings. The van der Waals surface area contributed by atoms with Crippen molar-refractivity contribution in [1.29, 1.82) is 0 Å². The maximum Gasteiger partial charge on any atom is 0.472 e. The molecule has 0 spiro atoms. The van der Waals surface area contributed by atoms with Gasteiger partial charge in [-0.2, -0.15) is 4.98 Å². The van der Waals surface area contributed by atoms with Crippen molar-refractivity contribution in [2.24, 2.45) is 5.73 Å². The molecule has 2 aromatic carbocycles. The van der Waals surface area contributed by atoms with E-state index in [1.165, 1.54) is 18.2 Å². The van der Waals surface area contributed by atoms with Crippen LogP contribution in [0.1, 0.15) is 69.6 Å². The molecule has 2 aromatic heterocycles. The maximum atomic E-state index is 13.0. The number of hydrogen-bond acceptors (Lipinski definition) is 20. The van der Waals surface area contributed by atoms with Crippen LogP contribution in [0.3, 0.4) is 0 Å². The van der Waals surface area contributed by atoms with Crippen molar-refractivity contribution in [3.8, 4) is 11.5 Å². The number of nitrogens with two attached hydrogens (primary N) is 2. The van der Waals surface area contributed by atoms with Crippen molar-refractivity contribution in [3.63, 3.8) is 0 Å². The highest BCUT2D eigenvalue weighted by Gasteiger charge is 2.47. The summed E-state index contributed by atoms with van der Waals surface area (Å²) in [6.07, 6.45) is -0.176. The predicted octanol–water partition coefficient (Wildman–Crippen LogP) is 3.94. The second kappa shape index (κ2) is 26.0. The van der Waals surface area contributed by atoms with Crippen LogP contribution in [0.15, 0.2) is 48.7 Å². The van der Waals surface area contributed by atoms with Gasteiger partial charge in [-0.1, -0.05) is 38.0 Å². The number of ether oxygens (including phenoxy) is 6. The van der Waals surface area contributed by atoms with Crippen LogP contribution in [0.2, 0.25) is 0 Å². The number of benzene rings is 2. The van der Waals surface area contributed by atoms with E-state index in [9.17, 15) is 28.6 Å². The number of nitrogens with one attached hydrogen (secondary N) is 2. The number of hydrogen-bond donors (Lipinski definition) is 5. The highest BCUT2D eigenvalue weighted by molar-refractivity contribution is 7.47. The van der Waals surface area contributed by atoms with Gasteiger partial charge in [0.05, 0.1) is 45.2 Å². The van der Waals surface area contributed by atoms with Crippen LogP contribution in [0.25, 0.3) is 11.0 Å². The maximum absolute atomic E-state index is 13.0. The molecule has 2 saturated heterocycles. The summed E-state index contributed by atoms with van der Waals surface area (Å²) in [4.78, 5) is 73.3. The molecule has 1 amide bonds. The van der Waals surface area contributed by atoms with E-state index in [-0.39, 0.29) is 43.4 Å². The first-order valence-electron chi connectivity index (χ1n) is 23.5. The Morgan fingerprint density at radius 2 is 1.63 bits per heavy atom. The van der Waals surface area contributed by atoms with Gasteiger partial charge in [-0.05, 0) is 41.8 Å². The Labute approximate surface area is 412 Å². The molecule has 4 heterocycles. The standard InChI is InChI=1S/C47H66N9O14P/c1-6-7-8-16-50-44-42-35(52-47(49)53-44)14-17-56(42)28-34-11-9-32(25-38(34)63-4)27-55-20-18-54(19-21-55)22-23-65-71(61,62)66-29-33-10-12-37(36(24-33)51-41(59)13-15-48)69-46-40(68-31(3)58)26-39(67-30(2)57)43(70-46)45(60)64-5/h9-12,14,17,24-25,39-40,43,46H,6-8,13,15-16,18-23,26-29,48H2,1-5H3,(H,51,59)(H,61,62)(H3,49,50,52,53)/t39-,40+,43-,46+/m0/s1. The van der Waals surface area contributed by atoms with Crippen molar-refractivity contribution < 1.29 is 66.1 Å². The lowest BCUT2D eigenvalue weighted by Gasteiger charge is -2.38. The Hall–Kier alpha value is -5.91. The zero-order valence-corrected chi connectivity index (χ0v) is 41.7. The van der Waals surface area contributed by atoms with Crippen molar-refractivity contribution in [2.45, 2.75) is 97.2 Å². The van der Waals surface area contributed by atoms with Gasteiger partial charge < -0.3 is 60.0 Å². The van der Waals surface area contributed by atoms with Crippen LogP contribution in [-0.4, -0.2) is 144 Å². The van der Waals surface area contributed by atoms with E-state index >= 15 is 0 Å². The first-order chi connectivity index (χ1) is 34.1. The summed E-state index contributed by atoms with van der Waals surface area (Å²) >= 11 is 0. The number of nitrogens with zero attached hydrogens (tertiary/aromatic N) is 5. The number of fused-ring (bicyclic) bond motifs is 1. The molecule has 6 rings (SSSR count). The number of esters is 3. The summed E-state index contributed by atoms with van der Waals surface area (Å²) in [5, 5.41) is 6.13. The summed E-state index contributed by atoms with van der Waals surface area (Å²) in [5.74, 6) is -1.03. The van der Waals surface area contributed by atoms with E-state index in [0.717, 1.165) is 87.8 Å². The molecule has 5 atom stereocenters. The predicted molar refractivity (Wildman–Crippen MR) is 260 cm³/mol. The summed E-state index contributed by atoms with van der Waals surface area (Å²) in [6, 6.07) is 12.6. The third-order valence-corrected chi connectivity index (χ3v) is 12.7. The Kier molecular flexibility index (Phi) is 19.9. The largest absolute Gasteiger partial charge is 0.496 e. The molecule has 4 aromatic rings. The smallest absolute Gasteiger partial charge is 0.472 e. The lowest BCUT2D eigenvalue weighted by molar-refractivity contribution is -0.248. The molecule has 7 N–H and O–H groups in total. The summed E-state index contributed by atoms with van der Waals surface area (Å²) in [6.45, 7) is 9.48. The Bertz CT molecular complexity index is 2500. The number of amides is 1. The van der Waals surface area contributed by atoms with Crippen LogP contribution in [0.5, 0.6) is 11.5 Å². The fourth-order valence-electron chi connectivity index (χ4n) is 8.26. The quantitative estimate of drug-likeness (QED) is 0.0272. The number of carbonyl (C=O) groups is 4. The Balaban J connectivity index is 0.996. The molecule has 24 heteroatoms. The monoisotopic (exact) mass is 1010 g/mol. The van der Waals surface area contributed by atoms with E-state index in [1.807, 2.05) is 12.3 Å². The van der Waals surface area contributed by atoms with Crippen LogP contribution in [-0.2, 0) is 71.4 Å². The molecule has 0 radical (unpaired) electrons. The van der Waals surface area contributed by atoms with Crippen LogP contribution >= 0.6 is 7.82 Å². The number of unbranched alkanes of at least 4 members (excludes halogenated alkanes) is 2. The average molecular weight is 1010 g/mol. The van der Waals surface area contributed by atoms with Gasteiger partial charge in [-0.3, -0.25) is 33.2 Å². The van der Waals surface area contributed by atoms with E-state index < -0.39 is 62.8 Å². The lowest BCUT2D eigenvalue weighted by atomic mass is 10.0. The minimum atomic E-state index is -4.54. The second-order valence-corrected chi connectivity index (χ2v) is 18.5. The number of phosphoric ester groups is 1. The molecule has 388 valence electrons. The van der Waals surface area contributed by atoms with Gasteiger partial charge >= 0.3 is 25.7 Å². The number of phosphoric acid groups is 1. The van der Waals surface area contributed by atoms with Gasteiger partial charge in [0.2, 0.25) is 18.1 Å². The van der Waals surface area contributed by atoms with Crippen LogP contribution in [0, 0.1) is 0 Å².